The van der Waals surface area contributed by atoms with E-state index in [1.807, 2.05) is 0 Å². The van der Waals surface area contributed by atoms with Crippen LogP contribution in [-0.2, 0) is 5.41 Å². The lowest BCUT2D eigenvalue weighted by atomic mass is 9.58. The first-order valence-electron chi connectivity index (χ1n) is 10.2. The van der Waals surface area contributed by atoms with Crippen LogP contribution in [0.4, 0.5) is 0 Å². The van der Waals surface area contributed by atoms with Crippen molar-refractivity contribution in [1.82, 2.24) is 5.32 Å². The molecule has 3 N–H and O–H groups in total. The molecular weight excluding hydrogens is 328 g/mol. The smallest absolute Gasteiger partial charge is 0.0406 e. The molecule has 0 heterocycles. The highest BCUT2D eigenvalue weighted by Gasteiger charge is 2.45. The Bertz CT molecular complexity index is 527. The number of rotatable bonds is 7. The number of halogens is 1. The van der Waals surface area contributed by atoms with Crippen molar-refractivity contribution in [1.29, 1.82) is 0 Å². The van der Waals surface area contributed by atoms with Crippen molar-refractivity contribution < 1.29 is 0 Å². The van der Waals surface area contributed by atoms with Crippen LogP contribution < -0.4 is 11.1 Å². The average Bonchev–Trinajstić information content (AvgIpc) is 2.54. The predicted octanol–water partition coefficient (Wildman–Crippen LogP) is 5.28. The largest absolute Gasteiger partial charge is 0.328 e. The Balaban J connectivity index is 1.71. The summed E-state index contributed by atoms with van der Waals surface area (Å²) in [5.41, 5.74) is 7.86. The van der Waals surface area contributed by atoms with Crippen LogP contribution in [0.25, 0.3) is 0 Å². The average molecular weight is 363 g/mol. The minimum atomic E-state index is 0.305. The fraction of sp³-hybridized carbons (Fsp3) is 0.727. The minimum absolute atomic E-state index is 0.305. The lowest BCUT2D eigenvalue weighted by Crippen LogP contribution is -2.54. The molecule has 1 aromatic carbocycles. The Labute approximate surface area is 158 Å². The van der Waals surface area contributed by atoms with Gasteiger partial charge in [-0.15, -0.1) is 0 Å². The van der Waals surface area contributed by atoms with E-state index in [0.29, 0.717) is 23.4 Å². The molecule has 3 rings (SSSR count). The molecule has 0 aliphatic heterocycles. The van der Waals surface area contributed by atoms with Gasteiger partial charge in [0.2, 0.25) is 0 Å². The molecule has 1 aromatic rings. The van der Waals surface area contributed by atoms with Gasteiger partial charge in [-0.25, -0.2) is 0 Å². The zero-order valence-electron chi connectivity index (χ0n) is 15.9. The highest BCUT2D eigenvalue weighted by atomic mass is 35.5. The number of hydrogen-bond donors (Lipinski definition) is 2. The standard InChI is InChI=1S/C22H35ClN2/c1-16(2)14-21(25-15-17-4-10-20(24)11-5-17)22(12-3-13-22)18-6-8-19(23)9-7-18/h6-9,16-17,20-21,25H,3-5,10-15,24H2,1-2H3. The molecule has 2 fully saturated rings. The first-order valence-corrected chi connectivity index (χ1v) is 10.6. The lowest BCUT2D eigenvalue weighted by Gasteiger charge is -2.50. The highest BCUT2D eigenvalue weighted by Crippen LogP contribution is 2.48. The summed E-state index contributed by atoms with van der Waals surface area (Å²) >= 11 is 6.14. The Morgan fingerprint density at radius 1 is 1.12 bits per heavy atom. The quantitative estimate of drug-likeness (QED) is 0.692. The molecule has 140 valence electrons. The molecule has 0 aromatic heterocycles. The van der Waals surface area contributed by atoms with Crippen molar-refractivity contribution >= 4 is 11.6 Å². The Hall–Kier alpha value is -0.570. The molecule has 1 unspecified atom stereocenters. The normalized spacial score (nSPS) is 27.1. The van der Waals surface area contributed by atoms with Gasteiger partial charge in [0.15, 0.2) is 0 Å². The molecule has 0 amide bonds. The Kier molecular flexibility index (Phi) is 6.46. The summed E-state index contributed by atoms with van der Waals surface area (Å²) in [4.78, 5) is 0. The molecule has 3 heteroatoms. The topological polar surface area (TPSA) is 38.0 Å². The van der Waals surface area contributed by atoms with Crippen LogP contribution in [0.3, 0.4) is 0 Å². The fourth-order valence-corrected chi connectivity index (χ4v) is 4.98. The van der Waals surface area contributed by atoms with Gasteiger partial charge < -0.3 is 11.1 Å². The molecule has 0 radical (unpaired) electrons. The lowest BCUT2D eigenvalue weighted by molar-refractivity contribution is 0.143. The van der Waals surface area contributed by atoms with Gasteiger partial charge in [-0.2, -0.15) is 0 Å². The van der Waals surface area contributed by atoms with E-state index in [0.717, 1.165) is 17.5 Å². The Morgan fingerprint density at radius 3 is 2.28 bits per heavy atom. The summed E-state index contributed by atoms with van der Waals surface area (Å²) in [5.74, 6) is 1.51. The molecule has 0 bridgehead atoms. The second kappa shape index (κ2) is 8.41. The van der Waals surface area contributed by atoms with Crippen LogP contribution in [0.2, 0.25) is 5.02 Å². The Morgan fingerprint density at radius 2 is 1.76 bits per heavy atom. The summed E-state index contributed by atoms with van der Waals surface area (Å²) < 4.78 is 0. The van der Waals surface area contributed by atoms with Gasteiger partial charge in [0, 0.05) is 22.5 Å². The molecule has 0 saturated heterocycles. The number of nitrogens with one attached hydrogen (secondary N) is 1. The van der Waals surface area contributed by atoms with Gasteiger partial charge in [0.25, 0.3) is 0 Å². The maximum atomic E-state index is 6.14. The summed E-state index contributed by atoms with van der Waals surface area (Å²) in [6.45, 7) is 5.85. The first-order chi connectivity index (χ1) is 12.0. The first kappa shape index (κ1) is 19.2. The third-order valence-electron chi connectivity index (χ3n) is 6.58. The van der Waals surface area contributed by atoms with Crippen LogP contribution in [0.1, 0.15) is 70.8 Å². The van der Waals surface area contributed by atoms with Crippen LogP contribution in [0, 0.1) is 11.8 Å². The van der Waals surface area contributed by atoms with E-state index in [-0.39, 0.29) is 0 Å². The van der Waals surface area contributed by atoms with Crippen molar-refractivity contribution in [2.45, 2.75) is 82.7 Å². The monoisotopic (exact) mass is 362 g/mol. The molecule has 2 aliphatic carbocycles. The van der Waals surface area contributed by atoms with Crippen LogP contribution >= 0.6 is 11.6 Å². The summed E-state index contributed by atoms with van der Waals surface area (Å²) in [6, 6.07) is 9.65. The van der Waals surface area contributed by atoms with E-state index in [2.05, 4.69) is 43.4 Å². The molecule has 25 heavy (non-hydrogen) atoms. The molecule has 2 saturated carbocycles. The van der Waals surface area contributed by atoms with E-state index in [1.165, 1.54) is 56.9 Å². The van der Waals surface area contributed by atoms with E-state index in [9.17, 15) is 0 Å². The summed E-state index contributed by atoms with van der Waals surface area (Å²) in [5, 5.41) is 4.86. The van der Waals surface area contributed by atoms with Gasteiger partial charge in [0.1, 0.15) is 0 Å². The zero-order valence-corrected chi connectivity index (χ0v) is 16.7. The number of benzene rings is 1. The van der Waals surface area contributed by atoms with E-state index >= 15 is 0 Å². The maximum Gasteiger partial charge on any atom is 0.0406 e. The van der Waals surface area contributed by atoms with Gasteiger partial charge in [-0.1, -0.05) is 44.0 Å². The molecule has 2 aliphatic rings. The molecule has 1 atom stereocenters. The van der Waals surface area contributed by atoms with Crippen molar-refractivity contribution in [3.63, 3.8) is 0 Å². The van der Waals surface area contributed by atoms with Crippen molar-refractivity contribution in [2.24, 2.45) is 17.6 Å². The fourth-order valence-electron chi connectivity index (χ4n) is 4.85. The van der Waals surface area contributed by atoms with E-state index in [1.54, 1.807) is 0 Å². The van der Waals surface area contributed by atoms with Crippen molar-refractivity contribution in [2.75, 3.05) is 6.54 Å². The zero-order chi connectivity index (χ0) is 17.9. The van der Waals surface area contributed by atoms with Crippen LogP contribution in [0.5, 0.6) is 0 Å². The maximum absolute atomic E-state index is 6.14. The van der Waals surface area contributed by atoms with Gasteiger partial charge in [0.05, 0.1) is 0 Å². The summed E-state index contributed by atoms with van der Waals surface area (Å²) in [7, 11) is 0. The minimum Gasteiger partial charge on any atom is -0.328 e. The second-order valence-corrected chi connectivity index (χ2v) is 9.32. The van der Waals surface area contributed by atoms with Crippen molar-refractivity contribution in [3.8, 4) is 0 Å². The highest BCUT2D eigenvalue weighted by molar-refractivity contribution is 6.30. The molecule has 0 spiro atoms. The SMILES string of the molecule is CC(C)CC(NCC1CCC(N)CC1)C1(c2ccc(Cl)cc2)CCC1. The van der Waals surface area contributed by atoms with Crippen LogP contribution in [-0.4, -0.2) is 18.6 Å². The predicted molar refractivity (Wildman–Crippen MR) is 108 cm³/mol. The molecule has 2 nitrogen and oxygen atoms in total. The van der Waals surface area contributed by atoms with Gasteiger partial charge in [-0.3, -0.25) is 0 Å². The van der Waals surface area contributed by atoms with Crippen LogP contribution in [0.15, 0.2) is 24.3 Å². The molecular formula is C22H35ClN2. The third-order valence-corrected chi connectivity index (χ3v) is 6.84. The summed E-state index contributed by atoms with van der Waals surface area (Å²) in [6.07, 6.45) is 10.2. The van der Waals surface area contributed by atoms with Gasteiger partial charge >= 0.3 is 0 Å². The number of nitrogens with two attached hydrogens (primary N) is 1. The van der Waals surface area contributed by atoms with E-state index < -0.39 is 0 Å². The third kappa shape index (κ3) is 4.59. The van der Waals surface area contributed by atoms with E-state index in [4.69, 9.17) is 17.3 Å². The second-order valence-electron chi connectivity index (χ2n) is 8.89. The number of hydrogen-bond acceptors (Lipinski definition) is 2. The van der Waals surface area contributed by atoms with Crippen molar-refractivity contribution in [3.05, 3.63) is 34.9 Å². The van der Waals surface area contributed by atoms with Gasteiger partial charge in [-0.05, 0) is 81.0 Å².